The van der Waals surface area contributed by atoms with Gasteiger partial charge >= 0.3 is 5.91 Å². The number of hydrogen-bond acceptors (Lipinski definition) is 8. The molecule has 0 aliphatic heterocycles. The van der Waals surface area contributed by atoms with Gasteiger partial charge in [0.2, 0.25) is 0 Å². The number of nitroso groups, excluding NO2 is 3. The average Bonchev–Trinajstić information content (AvgIpc) is 2.49. The second-order valence-corrected chi connectivity index (χ2v) is 4.10. The molecule has 0 aromatic heterocycles. The molecule has 21 heavy (non-hydrogen) atoms. The molecular formula is C10H15N5O6. The van der Waals surface area contributed by atoms with Crippen LogP contribution >= 0.6 is 0 Å². The number of nitrogens with two attached hydrogens (primary N) is 1. The van der Waals surface area contributed by atoms with Crippen molar-refractivity contribution < 1.29 is 14.4 Å². The third-order valence-electron chi connectivity index (χ3n) is 2.63. The van der Waals surface area contributed by atoms with E-state index in [1.54, 1.807) is 0 Å². The molecule has 11 heteroatoms. The fourth-order valence-electron chi connectivity index (χ4n) is 1.69. The first-order valence-electron chi connectivity index (χ1n) is 6.03. The predicted molar refractivity (Wildman–Crippen MR) is 70.7 cm³/mol. The van der Waals surface area contributed by atoms with Gasteiger partial charge in [-0.25, -0.2) is 0 Å². The molecule has 0 rings (SSSR count). The second-order valence-electron chi connectivity index (χ2n) is 4.10. The molecular weight excluding hydrogens is 286 g/mol. The van der Waals surface area contributed by atoms with Crippen LogP contribution in [-0.2, 0) is 14.4 Å². The Morgan fingerprint density at radius 2 is 1.43 bits per heavy atom. The van der Waals surface area contributed by atoms with E-state index < -0.39 is 36.9 Å². The Hall–Kier alpha value is -2.27. The Balaban J connectivity index is 5.11. The van der Waals surface area contributed by atoms with E-state index in [9.17, 15) is 29.1 Å². The lowest BCUT2D eigenvalue weighted by Crippen LogP contribution is -2.45. The number of amides is 3. The molecule has 0 aromatic rings. The monoisotopic (exact) mass is 301 g/mol. The third-order valence-corrected chi connectivity index (χ3v) is 2.63. The summed E-state index contributed by atoms with van der Waals surface area (Å²) in [5.74, 6) is -3.43. The molecule has 1 atom stereocenters. The van der Waals surface area contributed by atoms with Gasteiger partial charge in [0.1, 0.15) is 0 Å². The van der Waals surface area contributed by atoms with Gasteiger partial charge in [-0.1, -0.05) is 6.42 Å². The van der Waals surface area contributed by atoms with Crippen LogP contribution in [0.4, 0.5) is 0 Å². The quantitative estimate of drug-likeness (QED) is 0.422. The number of carbonyl (C=O) groups excluding carboxylic acids is 3. The van der Waals surface area contributed by atoms with Gasteiger partial charge in [0.25, 0.3) is 11.8 Å². The van der Waals surface area contributed by atoms with Gasteiger partial charge in [-0.05, 0) is 19.4 Å². The molecule has 2 N–H and O–H groups in total. The zero-order valence-electron chi connectivity index (χ0n) is 11.1. The molecule has 0 aliphatic carbocycles. The number of hydrogen-bond donors (Lipinski definition) is 1. The van der Waals surface area contributed by atoms with Crippen molar-refractivity contribution in [1.82, 2.24) is 4.90 Å². The van der Waals surface area contributed by atoms with Gasteiger partial charge in [-0.2, -0.15) is 0 Å². The molecule has 116 valence electrons. The predicted octanol–water partition coefficient (Wildman–Crippen LogP) is -0.335. The summed E-state index contributed by atoms with van der Waals surface area (Å²) >= 11 is 0. The lowest BCUT2D eigenvalue weighted by Gasteiger charge is -2.25. The van der Waals surface area contributed by atoms with Crippen LogP contribution in [0.1, 0.15) is 19.3 Å². The molecule has 0 bridgehead atoms. The van der Waals surface area contributed by atoms with Crippen molar-refractivity contribution in [2.45, 2.75) is 25.3 Å². The van der Waals surface area contributed by atoms with Crippen molar-refractivity contribution in [3.05, 3.63) is 14.7 Å². The van der Waals surface area contributed by atoms with E-state index in [1.165, 1.54) is 0 Å². The maximum atomic E-state index is 11.5. The Kier molecular flexibility index (Phi) is 9.37. The Morgan fingerprint density at radius 1 is 0.905 bits per heavy atom. The van der Waals surface area contributed by atoms with Crippen LogP contribution in [0.2, 0.25) is 0 Å². The van der Waals surface area contributed by atoms with Gasteiger partial charge in [-0.15, -0.1) is 14.7 Å². The van der Waals surface area contributed by atoms with Crippen molar-refractivity contribution in [2.75, 3.05) is 19.6 Å². The summed E-state index contributed by atoms with van der Waals surface area (Å²) in [5, 5.41) is 6.52. The normalized spacial score (nSPS) is 11.7. The van der Waals surface area contributed by atoms with E-state index in [2.05, 4.69) is 15.5 Å². The fourth-order valence-corrected chi connectivity index (χ4v) is 1.69. The zero-order chi connectivity index (χ0) is 16.3. The minimum atomic E-state index is -1.22. The molecule has 1 unspecified atom stereocenters. The fraction of sp³-hybridized carbons (Fsp3) is 0.700. The van der Waals surface area contributed by atoms with Crippen LogP contribution in [-0.4, -0.2) is 48.3 Å². The standard InChI is InChI=1S/C10H15N5O6/c11-4-2-1-3-7(10(18)14-21)15(5-8(16)12-19)6-9(17)13-20/h7H,1-6,11H2. The second kappa shape index (κ2) is 10.5. The summed E-state index contributed by atoms with van der Waals surface area (Å²) in [6.45, 7) is -1.04. The van der Waals surface area contributed by atoms with Crippen LogP contribution < -0.4 is 5.73 Å². The lowest BCUT2D eigenvalue weighted by molar-refractivity contribution is -0.128. The van der Waals surface area contributed by atoms with E-state index in [-0.39, 0.29) is 6.42 Å². The van der Waals surface area contributed by atoms with Crippen LogP contribution in [0.3, 0.4) is 0 Å². The summed E-state index contributed by atoms with van der Waals surface area (Å²) < 4.78 is 0. The number of nitrogens with zero attached hydrogens (tertiary/aromatic N) is 4. The maximum Gasteiger partial charge on any atom is 0.303 e. The van der Waals surface area contributed by atoms with Crippen molar-refractivity contribution in [3.63, 3.8) is 0 Å². The highest BCUT2D eigenvalue weighted by Gasteiger charge is 2.30. The summed E-state index contributed by atoms with van der Waals surface area (Å²) in [6, 6.07) is -1.22. The molecule has 3 amide bonds. The lowest BCUT2D eigenvalue weighted by atomic mass is 10.1. The smallest absolute Gasteiger partial charge is 0.303 e. The maximum absolute atomic E-state index is 11.5. The molecule has 0 heterocycles. The highest BCUT2D eigenvalue weighted by atomic mass is 16.3. The minimum Gasteiger partial charge on any atom is -0.330 e. The Morgan fingerprint density at radius 3 is 1.81 bits per heavy atom. The van der Waals surface area contributed by atoms with Crippen molar-refractivity contribution in [1.29, 1.82) is 0 Å². The Labute approximate surface area is 119 Å². The van der Waals surface area contributed by atoms with Gasteiger partial charge in [0, 0.05) is 15.5 Å². The molecule has 11 nitrogen and oxygen atoms in total. The molecule has 0 aliphatic rings. The van der Waals surface area contributed by atoms with E-state index in [1.807, 2.05) is 0 Å². The molecule has 0 saturated carbocycles. The molecule has 0 spiro atoms. The highest BCUT2D eigenvalue weighted by Crippen LogP contribution is 2.11. The third kappa shape index (κ3) is 7.17. The summed E-state index contributed by atoms with van der Waals surface area (Å²) in [6.07, 6.45) is 1.04. The van der Waals surface area contributed by atoms with Gasteiger partial charge in [-0.3, -0.25) is 19.3 Å². The first-order valence-corrected chi connectivity index (χ1v) is 6.03. The van der Waals surface area contributed by atoms with Crippen LogP contribution in [0.15, 0.2) is 15.5 Å². The molecule has 0 aromatic carbocycles. The average molecular weight is 301 g/mol. The van der Waals surface area contributed by atoms with Gasteiger partial charge in [0.15, 0.2) is 0 Å². The SMILES string of the molecule is NCCCCC(C(=O)N=O)N(CC(=O)N=O)CC(=O)N=O. The summed E-state index contributed by atoms with van der Waals surface area (Å²) in [7, 11) is 0. The van der Waals surface area contributed by atoms with Crippen molar-refractivity contribution >= 4 is 17.7 Å². The molecule has 0 fully saturated rings. The van der Waals surface area contributed by atoms with Crippen LogP contribution in [0.5, 0.6) is 0 Å². The largest absolute Gasteiger partial charge is 0.330 e. The van der Waals surface area contributed by atoms with E-state index in [0.29, 0.717) is 19.4 Å². The number of unbranched alkanes of at least 4 members (excludes halogenated alkanes) is 1. The van der Waals surface area contributed by atoms with E-state index >= 15 is 0 Å². The first-order chi connectivity index (χ1) is 9.99. The van der Waals surface area contributed by atoms with Crippen LogP contribution in [0.25, 0.3) is 0 Å². The van der Waals surface area contributed by atoms with Gasteiger partial charge in [0.05, 0.1) is 19.1 Å². The molecule has 0 saturated heterocycles. The topological polar surface area (TPSA) is 169 Å². The molecule has 0 radical (unpaired) electrons. The summed E-state index contributed by atoms with van der Waals surface area (Å²) in [5.41, 5.74) is 5.30. The Bertz CT molecular complexity index is 404. The van der Waals surface area contributed by atoms with Crippen LogP contribution in [0, 0.1) is 14.7 Å². The van der Waals surface area contributed by atoms with E-state index in [4.69, 9.17) is 5.73 Å². The first kappa shape index (κ1) is 18.7. The minimum absolute atomic E-state index is 0.0834. The van der Waals surface area contributed by atoms with Gasteiger partial charge < -0.3 is 5.73 Å². The summed E-state index contributed by atoms with van der Waals surface area (Å²) in [4.78, 5) is 65.2. The van der Waals surface area contributed by atoms with Crippen molar-refractivity contribution in [2.24, 2.45) is 21.3 Å². The highest BCUT2D eigenvalue weighted by molar-refractivity contribution is 5.86. The van der Waals surface area contributed by atoms with Crippen molar-refractivity contribution in [3.8, 4) is 0 Å². The number of carbonyl (C=O) groups is 3. The zero-order valence-corrected chi connectivity index (χ0v) is 11.1. The van der Waals surface area contributed by atoms with E-state index in [0.717, 1.165) is 4.90 Å². The number of rotatable bonds is 10.